The van der Waals surface area contributed by atoms with Gasteiger partial charge in [0.15, 0.2) is 0 Å². The zero-order valence-corrected chi connectivity index (χ0v) is 14.1. The van der Waals surface area contributed by atoms with Crippen LogP contribution in [-0.4, -0.2) is 20.9 Å². The minimum Gasteiger partial charge on any atom is -0.344 e. The van der Waals surface area contributed by atoms with Crippen molar-refractivity contribution >= 4 is 11.6 Å². The molecule has 0 saturated heterocycles. The van der Waals surface area contributed by atoms with Crippen LogP contribution in [0.5, 0.6) is 0 Å². The highest BCUT2D eigenvalue weighted by atomic mass is 35.5. The van der Waals surface area contributed by atoms with Crippen molar-refractivity contribution < 1.29 is 0 Å². The Kier molecular flexibility index (Phi) is 5.48. The van der Waals surface area contributed by atoms with Crippen LogP contribution in [0.15, 0.2) is 18.3 Å². The largest absolute Gasteiger partial charge is 0.344 e. The molecule has 2 heterocycles. The number of aryl methyl sites for hydroxylation is 2. The van der Waals surface area contributed by atoms with Crippen molar-refractivity contribution in [3.8, 4) is 0 Å². The third-order valence-electron chi connectivity index (χ3n) is 3.83. The summed E-state index contributed by atoms with van der Waals surface area (Å²) in [5.74, 6) is 0. The maximum atomic E-state index is 6.51. The second-order valence-electron chi connectivity index (χ2n) is 5.22. The predicted octanol–water partition coefficient (Wildman–Crippen LogP) is 3.64. The van der Waals surface area contributed by atoms with E-state index in [0.717, 1.165) is 42.5 Å². The van der Waals surface area contributed by atoms with Crippen LogP contribution in [0.4, 0.5) is 0 Å². The van der Waals surface area contributed by atoms with Crippen LogP contribution in [0, 0.1) is 0 Å². The molecule has 4 nitrogen and oxygen atoms in total. The highest BCUT2D eigenvalue weighted by Gasteiger charge is 2.16. The van der Waals surface area contributed by atoms with E-state index in [9.17, 15) is 0 Å². The van der Waals surface area contributed by atoms with Gasteiger partial charge in [-0.1, -0.05) is 25.4 Å². The van der Waals surface area contributed by atoms with Gasteiger partial charge in [0.05, 0.1) is 23.0 Å². The Balaban J connectivity index is 2.31. The SMILES string of the molecule is CCNC(C)c1cccn1Cc1c(Cl)c(CC)nn1CC. The number of halogens is 1. The number of nitrogens with one attached hydrogen (secondary N) is 1. The highest BCUT2D eigenvalue weighted by molar-refractivity contribution is 6.31. The highest BCUT2D eigenvalue weighted by Crippen LogP contribution is 2.24. The van der Waals surface area contributed by atoms with Crippen molar-refractivity contribution in [2.45, 2.75) is 53.2 Å². The molecule has 0 amide bonds. The van der Waals surface area contributed by atoms with E-state index in [4.69, 9.17) is 11.6 Å². The molecule has 2 aromatic heterocycles. The van der Waals surface area contributed by atoms with Gasteiger partial charge < -0.3 is 9.88 Å². The molecule has 5 heteroatoms. The zero-order valence-electron chi connectivity index (χ0n) is 13.4. The summed E-state index contributed by atoms with van der Waals surface area (Å²) in [6.45, 7) is 11.1. The molecule has 0 bridgehead atoms. The average Bonchev–Trinajstić information content (AvgIpc) is 3.05. The first-order valence-corrected chi connectivity index (χ1v) is 8.12. The number of hydrogen-bond donors (Lipinski definition) is 1. The van der Waals surface area contributed by atoms with Gasteiger partial charge in [-0.05, 0) is 38.9 Å². The first kappa shape index (κ1) is 16.1. The number of nitrogens with zero attached hydrogens (tertiary/aromatic N) is 3. The number of aromatic nitrogens is 3. The Morgan fingerprint density at radius 3 is 2.71 bits per heavy atom. The summed E-state index contributed by atoms with van der Waals surface area (Å²) in [4.78, 5) is 0. The molecule has 0 aromatic carbocycles. The summed E-state index contributed by atoms with van der Waals surface area (Å²) in [7, 11) is 0. The fourth-order valence-electron chi connectivity index (χ4n) is 2.70. The van der Waals surface area contributed by atoms with Crippen LogP contribution in [-0.2, 0) is 19.5 Å². The topological polar surface area (TPSA) is 34.8 Å². The maximum absolute atomic E-state index is 6.51. The molecule has 1 atom stereocenters. The fraction of sp³-hybridized carbons (Fsp3) is 0.562. The van der Waals surface area contributed by atoms with Crippen molar-refractivity contribution in [1.82, 2.24) is 19.7 Å². The van der Waals surface area contributed by atoms with Gasteiger partial charge >= 0.3 is 0 Å². The molecule has 1 N–H and O–H groups in total. The number of rotatable bonds is 7. The van der Waals surface area contributed by atoms with E-state index in [0.29, 0.717) is 6.04 Å². The van der Waals surface area contributed by atoms with E-state index in [2.05, 4.69) is 61.0 Å². The Bertz CT molecular complexity index is 585. The lowest BCUT2D eigenvalue weighted by Gasteiger charge is -2.17. The van der Waals surface area contributed by atoms with Crippen LogP contribution >= 0.6 is 11.6 Å². The van der Waals surface area contributed by atoms with Crippen molar-refractivity contribution in [2.75, 3.05) is 6.54 Å². The minimum atomic E-state index is 0.326. The molecular formula is C16H25ClN4. The van der Waals surface area contributed by atoms with Gasteiger partial charge in [-0.3, -0.25) is 4.68 Å². The molecule has 116 valence electrons. The molecule has 0 fully saturated rings. The lowest BCUT2D eigenvalue weighted by atomic mass is 10.2. The van der Waals surface area contributed by atoms with Gasteiger partial charge in [0, 0.05) is 24.5 Å². The molecule has 1 unspecified atom stereocenters. The molecule has 0 radical (unpaired) electrons. The van der Waals surface area contributed by atoms with Crippen LogP contribution in [0.1, 0.15) is 50.8 Å². The maximum Gasteiger partial charge on any atom is 0.0868 e. The standard InChI is InChI=1S/C16H25ClN4/c1-5-13-16(17)15(21(7-3)19-13)11-20-10-8-9-14(20)12(4)18-6-2/h8-10,12,18H,5-7,11H2,1-4H3. The van der Waals surface area contributed by atoms with Gasteiger partial charge in [0.1, 0.15) is 0 Å². The van der Waals surface area contributed by atoms with E-state index in [1.807, 2.05) is 4.68 Å². The normalized spacial score (nSPS) is 12.8. The predicted molar refractivity (Wildman–Crippen MR) is 87.9 cm³/mol. The van der Waals surface area contributed by atoms with E-state index >= 15 is 0 Å². The van der Waals surface area contributed by atoms with Crippen LogP contribution in [0.3, 0.4) is 0 Å². The molecule has 0 spiro atoms. The van der Waals surface area contributed by atoms with Crippen molar-refractivity contribution in [2.24, 2.45) is 0 Å². The Morgan fingerprint density at radius 2 is 2.10 bits per heavy atom. The number of hydrogen-bond acceptors (Lipinski definition) is 2. The summed E-state index contributed by atoms with van der Waals surface area (Å²) in [5.41, 5.74) is 3.36. The van der Waals surface area contributed by atoms with E-state index in [1.54, 1.807) is 0 Å². The molecule has 0 aliphatic rings. The summed E-state index contributed by atoms with van der Waals surface area (Å²) in [5, 5.41) is 8.87. The summed E-state index contributed by atoms with van der Waals surface area (Å²) >= 11 is 6.51. The van der Waals surface area contributed by atoms with Gasteiger partial charge in [-0.2, -0.15) is 5.10 Å². The quantitative estimate of drug-likeness (QED) is 0.847. The smallest absolute Gasteiger partial charge is 0.0868 e. The third-order valence-corrected chi connectivity index (χ3v) is 4.27. The molecule has 0 saturated carbocycles. The molecule has 2 rings (SSSR count). The molecular weight excluding hydrogens is 284 g/mol. The lowest BCUT2D eigenvalue weighted by molar-refractivity contribution is 0.537. The minimum absolute atomic E-state index is 0.326. The Labute approximate surface area is 132 Å². The van der Waals surface area contributed by atoms with Crippen LogP contribution < -0.4 is 5.32 Å². The van der Waals surface area contributed by atoms with Gasteiger partial charge in [0.2, 0.25) is 0 Å². The molecule has 2 aromatic rings. The summed E-state index contributed by atoms with van der Waals surface area (Å²) in [6.07, 6.45) is 2.98. The monoisotopic (exact) mass is 308 g/mol. The van der Waals surface area contributed by atoms with Crippen molar-refractivity contribution in [3.05, 3.63) is 40.4 Å². The van der Waals surface area contributed by atoms with Gasteiger partial charge in [-0.25, -0.2) is 0 Å². The zero-order chi connectivity index (χ0) is 15.4. The fourth-order valence-corrected chi connectivity index (χ4v) is 3.03. The molecule has 0 aliphatic carbocycles. The van der Waals surface area contributed by atoms with Crippen LogP contribution in [0.2, 0.25) is 5.02 Å². The van der Waals surface area contributed by atoms with Crippen molar-refractivity contribution in [1.29, 1.82) is 0 Å². The molecule has 21 heavy (non-hydrogen) atoms. The van der Waals surface area contributed by atoms with E-state index in [-0.39, 0.29) is 0 Å². The van der Waals surface area contributed by atoms with Crippen LogP contribution in [0.25, 0.3) is 0 Å². The van der Waals surface area contributed by atoms with Gasteiger partial charge in [0.25, 0.3) is 0 Å². The third kappa shape index (κ3) is 3.33. The Hall–Kier alpha value is -1.26. The second-order valence-corrected chi connectivity index (χ2v) is 5.59. The second kappa shape index (κ2) is 7.14. The van der Waals surface area contributed by atoms with E-state index in [1.165, 1.54) is 5.69 Å². The van der Waals surface area contributed by atoms with Crippen molar-refractivity contribution in [3.63, 3.8) is 0 Å². The Morgan fingerprint density at radius 1 is 1.33 bits per heavy atom. The average molecular weight is 309 g/mol. The molecule has 0 aliphatic heterocycles. The van der Waals surface area contributed by atoms with E-state index < -0.39 is 0 Å². The first-order chi connectivity index (χ1) is 10.1. The van der Waals surface area contributed by atoms with Gasteiger partial charge in [-0.15, -0.1) is 0 Å². The lowest BCUT2D eigenvalue weighted by Crippen LogP contribution is -2.21. The summed E-state index contributed by atoms with van der Waals surface area (Å²) < 4.78 is 4.27. The summed E-state index contributed by atoms with van der Waals surface area (Å²) in [6, 6.07) is 4.58. The first-order valence-electron chi connectivity index (χ1n) is 7.74.